The Bertz CT molecular complexity index is 813. The van der Waals surface area contributed by atoms with E-state index in [2.05, 4.69) is 21.2 Å². The van der Waals surface area contributed by atoms with E-state index in [1.807, 2.05) is 41.8 Å². The second-order valence-electron chi connectivity index (χ2n) is 4.56. The summed E-state index contributed by atoms with van der Waals surface area (Å²) < 4.78 is 1.09. The number of halogens is 1. The fourth-order valence-electron chi connectivity index (χ4n) is 2.27. The van der Waals surface area contributed by atoms with Crippen molar-refractivity contribution in [1.82, 2.24) is 0 Å². The van der Waals surface area contributed by atoms with Gasteiger partial charge in [-0.15, -0.1) is 11.3 Å². The van der Waals surface area contributed by atoms with E-state index in [1.165, 1.54) is 4.88 Å². The largest absolute Gasteiger partial charge is 0.478 e. The van der Waals surface area contributed by atoms with E-state index in [1.54, 1.807) is 17.4 Å². The summed E-state index contributed by atoms with van der Waals surface area (Å²) in [6.07, 6.45) is 0. The van der Waals surface area contributed by atoms with Gasteiger partial charge in [-0.05, 0) is 44.9 Å². The number of benzene rings is 2. The molecule has 3 aromatic rings. The molecule has 0 fully saturated rings. The summed E-state index contributed by atoms with van der Waals surface area (Å²) in [5, 5.41) is 16.4. The molecule has 0 saturated heterocycles. The van der Waals surface area contributed by atoms with Crippen LogP contribution in [-0.2, 0) is 6.54 Å². The summed E-state index contributed by atoms with van der Waals surface area (Å²) in [7, 11) is 0. The predicted molar refractivity (Wildman–Crippen MR) is 90.3 cm³/mol. The van der Waals surface area contributed by atoms with Crippen molar-refractivity contribution < 1.29 is 9.90 Å². The number of aromatic carboxylic acids is 1. The van der Waals surface area contributed by atoms with E-state index in [-0.39, 0.29) is 0 Å². The normalized spacial score (nSPS) is 10.7. The highest BCUT2D eigenvalue weighted by atomic mass is 79.9. The Balaban J connectivity index is 1.98. The summed E-state index contributed by atoms with van der Waals surface area (Å²) in [6.45, 7) is 0.703. The van der Waals surface area contributed by atoms with Crippen LogP contribution in [0, 0.1) is 0 Å². The van der Waals surface area contributed by atoms with E-state index in [0.29, 0.717) is 12.1 Å². The SMILES string of the molecule is O=C(O)c1ccc(NCc2sccc2Br)c2ccccc12. The first-order valence-corrected chi connectivity index (χ1v) is 8.05. The van der Waals surface area contributed by atoms with Gasteiger partial charge in [0.15, 0.2) is 0 Å². The lowest BCUT2D eigenvalue weighted by Crippen LogP contribution is -2.02. The van der Waals surface area contributed by atoms with Crippen molar-refractivity contribution in [1.29, 1.82) is 0 Å². The lowest BCUT2D eigenvalue weighted by molar-refractivity contribution is 0.0699. The minimum absolute atomic E-state index is 0.327. The molecule has 1 heterocycles. The topological polar surface area (TPSA) is 49.3 Å². The average molecular weight is 362 g/mol. The third-order valence-corrected chi connectivity index (χ3v) is 5.21. The average Bonchev–Trinajstić information content (AvgIpc) is 2.89. The third-order valence-electron chi connectivity index (χ3n) is 3.28. The van der Waals surface area contributed by atoms with Crippen LogP contribution in [0.3, 0.4) is 0 Å². The number of carboxylic acids is 1. The van der Waals surface area contributed by atoms with Gasteiger partial charge >= 0.3 is 5.97 Å². The minimum Gasteiger partial charge on any atom is -0.478 e. The Hall–Kier alpha value is -1.85. The molecule has 0 bridgehead atoms. The molecule has 3 nitrogen and oxygen atoms in total. The van der Waals surface area contributed by atoms with E-state index in [4.69, 9.17) is 0 Å². The van der Waals surface area contributed by atoms with Gasteiger partial charge in [-0.2, -0.15) is 0 Å². The summed E-state index contributed by atoms with van der Waals surface area (Å²) >= 11 is 5.19. The van der Waals surface area contributed by atoms with Gasteiger partial charge in [0.1, 0.15) is 0 Å². The number of carbonyl (C=O) groups is 1. The summed E-state index contributed by atoms with van der Waals surface area (Å²) in [5.41, 5.74) is 1.27. The number of carboxylic acid groups (broad SMARTS) is 1. The summed E-state index contributed by atoms with van der Waals surface area (Å²) in [4.78, 5) is 12.5. The maximum Gasteiger partial charge on any atom is 0.336 e. The zero-order valence-corrected chi connectivity index (χ0v) is 13.4. The quantitative estimate of drug-likeness (QED) is 0.689. The van der Waals surface area contributed by atoms with Gasteiger partial charge in [0, 0.05) is 20.4 Å². The van der Waals surface area contributed by atoms with Gasteiger partial charge < -0.3 is 10.4 Å². The van der Waals surface area contributed by atoms with Crippen LogP contribution in [0.2, 0.25) is 0 Å². The van der Waals surface area contributed by atoms with Crippen LogP contribution in [0.1, 0.15) is 15.2 Å². The first kappa shape index (κ1) is 14.1. The van der Waals surface area contributed by atoms with Gasteiger partial charge in [0.2, 0.25) is 0 Å². The number of thiophene rings is 1. The second kappa shape index (κ2) is 5.87. The summed E-state index contributed by atoms with van der Waals surface area (Å²) in [5.74, 6) is -0.904. The minimum atomic E-state index is -0.904. The molecule has 0 radical (unpaired) electrons. The van der Waals surface area contributed by atoms with Crippen LogP contribution >= 0.6 is 27.3 Å². The molecule has 0 aliphatic carbocycles. The molecule has 2 N–H and O–H groups in total. The molecular weight excluding hydrogens is 350 g/mol. The Morgan fingerprint density at radius 1 is 1.14 bits per heavy atom. The van der Waals surface area contributed by atoms with E-state index < -0.39 is 5.97 Å². The molecule has 2 aromatic carbocycles. The molecule has 3 rings (SSSR count). The molecule has 106 valence electrons. The second-order valence-corrected chi connectivity index (χ2v) is 6.41. The van der Waals surface area contributed by atoms with Gasteiger partial charge in [0.25, 0.3) is 0 Å². The highest BCUT2D eigenvalue weighted by Crippen LogP contribution is 2.29. The molecule has 0 spiro atoms. The highest BCUT2D eigenvalue weighted by molar-refractivity contribution is 9.10. The number of nitrogens with one attached hydrogen (secondary N) is 1. The molecule has 1 aromatic heterocycles. The molecular formula is C16H12BrNO2S. The first-order chi connectivity index (χ1) is 10.2. The Labute approximate surface area is 134 Å². The number of fused-ring (bicyclic) bond motifs is 1. The first-order valence-electron chi connectivity index (χ1n) is 6.37. The molecule has 0 atom stereocenters. The Morgan fingerprint density at radius 2 is 1.90 bits per heavy atom. The van der Waals surface area contributed by atoms with Gasteiger partial charge in [-0.25, -0.2) is 4.79 Å². The molecule has 5 heteroatoms. The lowest BCUT2D eigenvalue weighted by Gasteiger charge is -2.11. The predicted octanol–water partition coefficient (Wildman–Crippen LogP) is 4.97. The molecule has 0 aliphatic rings. The van der Waals surface area contributed by atoms with Crippen molar-refractivity contribution in [3.8, 4) is 0 Å². The van der Waals surface area contributed by atoms with Crippen molar-refractivity contribution in [3.63, 3.8) is 0 Å². The van der Waals surface area contributed by atoms with Crippen molar-refractivity contribution in [3.05, 3.63) is 62.8 Å². The zero-order chi connectivity index (χ0) is 14.8. The molecule has 0 aliphatic heterocycles. The van der Waals surface area contributed by atoms with Gasteiger partial charge in [-0.3, -0.25) is 0 Å². The standard InChI is InChI=1S/C16H12BrNO2S/c17-13-7-8-21-15(13)9-18-14-6-5-12(16(19)20)10-3-1-2-4-11(10)14/h1-8,18H,9H2,(H,19,20). The van der Waals surface area contributed by atoms with Gasteiger partial charge in [-0.1, -0.05) is 24.3 Å². The van der Waals surface area contributed by atoms with Crippen LogP contribution in [0.4, 0.5) is 5.69 Å². The third kappa shape index (κ3) is 2.80. The van der Waals surface area contributed by atoms with Crippen molar-refractivity contribution in [2.45, 2.75) is 6.54 Å². The monoisotopic (exact) mass is 361 g/mol. The lowest BCUT2D eigenvalue weighted by atomic mass is 10.0. The van der Waals surface area contributed by atoms with Crippen molar-refractivity contribution in [2.24, 2.45) is 0 Å². The molecule has 0 amide bonds. The van der Waals surface area contributed by atoms with Crippen LogP contribution in [-0.4, -0.2) is 11.1 Å². The maximum absolute atomic E-state index is 11.3. The van der Waals surface area contributed by atoms with E-state index in [9.17, 15) is 9.90 Å². The number of hydrogen-bond acceptors (Lipinski definition) is 3. The maximum atomic E-state index is 11.3. The fraction of sp³-hybridized carbons (Fsp3) is 0.0625. The van der Waals surface area contributed by atoms with E-state index >= 15 is 0 Å². The molecule has 21 heavy (non-hydrogen) atoms. The summed E-state index contributed by atoms with van der Waals surface area (Å²) in [6, 6.07) is 13.0. The van der Waals surface area contributed by atoms with Gasteiger partial charge in [0.05, 0.1) is 12.1 Å². The number of rotatable bonds is 4. The smallest absolute Gasteiger partial charge is 0.336 e. The van der Waals surface area contributed by atoms with Crippen molar-refractivity contribution >= 4 is 49.7 Å². The van der Waals surface area contributed by atoms with Crippen LogP contribution in [0.5, 0.6) is 0 Å². The number of hydrogen-bond donors (Lipinski definition) is 2. The van der Waals surface area contributed by atoms with Crippen molar-refractivity contribution in [2.75, 3.05) is 5.32 Å². The number of anilines is 1. The van der Waals surface area contributed by atoms with Crippen LogP contribution in [0.25, 0.3) is 10.8 Å². The zero-order valence-electron chi connectivity index (χ0n) is 11.0. The van der Waals surface area contributed by atoms with Crippen LogP contribution in [0.15, 0.2) is 52.3 Å². The Kier molecular flexibility index (Phi) is 3.94. The van der Waals surface area contributed by atoms with Crippen LogP contribution < -0.4 is 5.32 Å². The molecule has 0 unspecified atom stereocenters. The highest BCUT2D eigenvalue weighted by Gasteiger charge is 2.11. The fourth-order valence-corrected chi connectivity index (χ4v) is 3.70. The molecule has 0 saturated carbocycles. The Morgan fingerprint density at radius 3 is 2.57 bits per heavy atom. The van der Waals surface area contributed by atoms with E-state index in [0.717, 1.165) is 20.9 Å².